The summed E-state index contributed by atoms with van der Waals surface area (Å²) in [5.74, 6) is 0. The molecule has 0 aromatic rings. The molecule has 0 saturated heterocycles. The van der Waals surface area contributed by atoms with Gasteiger partial charge < -0.3 is 22.1 Å². The Morgan fingerprint density at radius 1 is 0.526 bits per heavy atom. The van der Waals surface area contributed by atoms with Crippen molar-refractivity contribution in [2.75, 3.05) is 0 Å². The summed E-state index contributed by atoms with van der Waals surface area (Å²) in [6.45, 7) is 58.8. The topological polar surface area (TPSA) is 46.2 Å². The van der Waals surface area contributed by atoms with Crippen LogP contribution in [0.15, 0.2) is 21.8 Å². The molecular weight excluding hydrogens is 900 g/mol. The first kappa shape index (κ1) is 58.1. The zero-order valence-electron chi connectivity index (χ0n) is 42.7. The summed E-state index contributed by atoms with van der Waals surface area (Å²) in [6, 6.07) is 3.41. The third-order valence-corrected chi connectivity index (χ3v) is 38.5. The highest BCUT2D eigenvalue weighted by molar-refractivity contribution is 14.1. The van der Waals surface area contributed by atoms with Gasteiger partial charge in [0, 0.05) is 18.6 Å². The van der Waals surface area contributed by atoms with Gasteiger partial charge >= 0.3 is 0 Å². The average molecular weight is 1000 g/mol. The van der Waals surface area contributed by atoms with Crippen LogP contribution in [0.3, 0.4) is 0 Å². The number of halogens is 1. The number of hydrogen-bond donors (Lipinski definition) is 0. The second kappa shape index (κ2) is 22.6. The highest BCUT2D eigenvalue weighted by Gasteiger charge is 2.44. The molecule has 0 aliphatic carbocycles. The molecule has 0 spiro atoms. The first-order valence-electron chi connectivity index (χ1n) is 22.7. The molecule has 57 heavy (non-hydrogen) atoms. The molecule has 5 atom stereocenters. The fourth-order valence-corrected chi connectivity index (χ4v) is 14.9. The Labute approximate surface area is 376 Å². The standard InChI is InChI=1S/C46H99IO5Si5/c1-26-57(27-2,28-3)52-42(33-38(5)48-53(18,19)43(6,7)8)35-40(50-55(22,23)45(12,13)14)31-29-30-39(49-54(20,21)44(9,10)11)34-41(32-37(4)36-47)51-56(24,25)46(15,16)17/h29-30,36,38-42H,26-28,31-35H2,1-25H3/b30-29+,37-36+/t38?,39-,40+,41+,42+/m1/s1. The molecule has 0 bridgehead atoms. The quantitative estimate of drug-likeness (QED) is 0.0548. The summed E-state index contributed by atoms with van der Waals surface area (Å²) in [4.78, 5) is 0. The van der Waals surface area contributed by atoms with Crippen LogP contribution >= 0.6 is 22.6 Å². The van der Waals surface area contributed by atoms with Crippen molar-refractivity contribution in [2.45, 2.75) is 271 Å². The highest BCUT2D eigenvalue weighted by atomic mass is 127. The van der Waals surface area contributed by atoms with E-state index in [1.54, 1.807) is 0 Å². The molecule has 0 saturated carbocycles. The van der Waals surface area contributed by atoms with Gasteiger partial charge in [0.05, 0.1) is 18.3 Å². The number of rotatable bonds is 24. The number of hydrogen-bond acceptors (Lipinski definition) is 5. The van der Waals surface area contributed by atoms with Crippen molar-refractivity contribution in [3.63, 3.8) is 0 Å². The molecule has 0 radical (unpaired) electrons. The minimum atomic E-state index is -2.10. The first-order valence-corrected chi connectivity index (χ1v) is 38.1. The third kappa shape index (κ3) is 19.2. The van der Waals surface area contributed by atoms with E-state index in [9.17, 15) is 0 Å². The summed E-state index contributed by atoms with van der Waals surface area (Å²) in [5, 5.41) is 0.495. The van der Waals surface area contributed by atoms with Gasteiger partial charge in [0.25, 0.3) is 0 Å². The van der Waals surface area contributed by atoms with Gasteiger partial charge in [-0.05, 0) is 134 Å². The van der Waals surface area contributed by atoms with Crippen molar-refractivity contribution < 1.29 is 22.1 Å². The van der Waals surface area contributed by atoms with Crippen molar-refractivity contribution in [1.82, 2.24) is 0 Å². The Kier molecular flexibility index (Phi) is 23.1. The predicted octanol–water partition coefficient (Wildman–Crippen LogP) is 16.8. The molecule has 0 rings (SSSR count). The van der Waals surface area contributed by atoms with Crippen LogP contribution in [-0.4, -0.2) is 72.1 Å². The second-order valence-corrected chi connectivity index (χ2v) is 48.0. The first-order chi connectivity index (χ1) is 25.3. The SMILES string of the molecule is CC[Si](CC)(CC)O[C@@H](CC(C)O[Si](C)(C)C(C)(C)C)C[C@H](C/C=C/[C@H](C[C@H](C/C(C)=C/I)O[Si](C)(C)C(C)(C)C)O[Si](C)(C)C(C)(C)C)O[Si](C)(C)C(C)(C)C. The molecule has 0 heterocycles. The van der Waals surface area contributed by atoms with E-state index in [2.05, 4.69) is 209 Å². The maximum atomic E-state index is 7.44. The Balaban J connectivity index is 7.19. The highest BCUT2D eigenvalue weighted by Crippen LogP contribution is 2.43. The predicted molar refractivity (Wildman–Crippen MR) is 276 cm³/mol. The Bertz CT molecular complexity index is 1230. The van der Waals surface area contributed by atoms with Gasteiger partial charge in [-0.25, -0.2) is 0 Å². The Morgan fingerprint density at radius 2 is 0.912 bits per heavy atom. The molecule has 0 N–H and O–H groups in total. The van der Waals surface area contributed by atoms with E-state index in [4.69, 9.17) is 22.1 Å². The van der Waals surface area contributed by atoms with Crippen LogP contribution in [-0.2, 0) is 22.1 Å². The lowest BCUT2D eigenvalue weighted by Crippen LogP contribution is -2.48. The van der Waals surface area contributed by atoms with Crippen molar-refractivity contribution in [3.8, 4) is 0 Å². The maximum absolute atomic E-state index is 7.44. The van der Waals surface area contributed by atoms with Crippen LogP contribution in [0.5, 0.6) is 0 Å². The van der Waals surface area contributed by atoms with Crippen LogP contribution in [0.1, 0.15) is 150 Å². The van der Waals surface area contributed by atoms with Crippen molar-refractivity contribution in [3.05, 3.63) is 21.8 Å². The molecule has 0 aromatic carbocycles. The molecule has 340 valence electrons. The minimum Gasteiger partial charge on any atom is -0.414 e. The lowest BCUT2D eigenvalue weighted by Gasteiger charge is -2.43. The van der Waals surface area contributed by atoms with Gasteiger partial charge in [0.15, 0.2) is 41.6 Å². The summed E-state index contributed by atoms with van der Waals surface area (Å²) in [6.07, 6.45) is 9.46. The van der Waals surface area contributed by atoms with E-state index in [-0.39, 0.29) is 50.7 Å². The van der Waals surface area contributed by atoms with E-state index in [0.717, 1.165) is 50.2 Å². The lowest BCUT2D eigenvalue weighted by molar-refractivity contribution is 0.0599. The largest absolute Gasteiger partial charge is 0.414 e. The molecule has 0 aliphatic rings. The van der Waals surface area contributed by atoms with Gasteiger partial charge in [-0.2, -0.15) is 0 Å². The van der Waals surface area contributed by atoms with Crippen LogP contribution in [0.25, 0.3) is 0 Å². The average Bonchev–Trinajstić information content (AvgIpc) is 3.00. The fourth-order valence-electron chi connectivity index (χ4n) is 6.26. The summed E-state index contributed by atoms with van der Waals surface area (Å²) < 4.78 is 38.6. The molecular formula is C46H99IO5Si5. The Hall–Kier alpha value is 1.09. The van der Waals surface area contributed by atoms with Crippen LogP contribution in [0, 0.1) is 0 Å². The summed E-state index contributed by atoms with van der Waals surface area (Å²) in [5.41, 5.74) is 1.36. The van der Waals surface area contributed by atoms with Gasteiger partial charge in [0.1, 0.15) is 0 Å². The normalized spacial score (nSPS) is 17.9. The lowest BCUT2D eigenvalue weighted by atomic mass is 10.0. The monoisotopic (exact) mass is 999 g/mol. The molecule has 0 aliphatic heterocycles. The fraction of sp³-hybridized carbons (Fsp3) is 0.913. The summed E-state index contributed by atoms with van der Waals surface area (Å²) in [7, 11) is -10.1. The Morgan fingerprint density at radius 3 is 1.30 bits per heavy atom. The molecule has 0 aromatic heterocycles. The zero-order chi connectivity index (χ0) is 45.3. The van der Waals surface area contributed by atoms with E-state index in [1.165, 1.54) is 5.57 Å². The summed E-state index contributed by atoms with van der Waals surface area (Å²) >= 11 is 2.38. The second-order valence-electron chi connectivity index (χ2n) is 23.6. The third-order valence-electron chi connectivity index (χ3n) is 14.5. The molecule has 11 heteroatoms. The molecule has 0 fully saturated rings. The van der Waals surface area contributed by atoms with E-state index in [0.29, 0.717) is 0 Å². The minimum absolute atomic E-state index is 0.0402. The van der Waals surface area contributed by atoms with Gasteiger partial charge in [-0.1, -0.05) is 144 Å². The molecule has 0 amide bonds. The van der Waals surface area contributed by atoms with Gasteiger partial charge in [-0.15, -0.1) is 0 Å². The zero-order valence-corrected chi connectivity index (χ0v) is 49.9. The molecule has 1 unspecified atom stereocenters. The molecule has 5 nitrogen and oxygen atoms in total. The van der Waals surface area contributed by atoms with E-state index < -0.39 is 41.6 Å². The van der Waals surface area contributed by atoms with Crippen molar-refractivity contribution in [2.24, 2.45) is 0 Å². The van der Waals surface area contributed by atoms with Gasteiger partial charge in [-0.3, -0.25) is 0 Å². The smallest absolute Gasteiger partial charge is 0.192 e. The van der Waals surface area contributed by atoms with Crippen molar-refractivity contribution >= 4 is 64.2 Å². The van der Waals surface area contributed by atoms with Crippen LogP contribution in [0.4, 0.5) is 0 Å². The van der Waals surface area contributed by atoms with E-state index in [1.807, 2.05) is 0 Å². The van der Waals surface area contributed by atoms with Crippen molar-refractivity contribution in [1.29, 1.82) is 0 Å². The maximum Gasteiger partial charge on any atom is 0.192 e. The van der Waals surface area contributed by atoms with Gasteiger partial charge in [0.2, 0.25) is 0 Å². The van der Waals surface area contributed by atoms with Crippen LogP contribution in [0.2, 0.25) is 90.7 Å². The van der Waals surface area contributed by atoms with E-state index >= 15 is 0 Å². The van der Waals surface area contributed by atoms with Crippen LogP contribution < -0.4 is 0 Å².